The lowest BCUT2D eigenvalue weighted by molar-refractivity contribution is 0.102. The van der Waals surface area contributed by atoms with E-state index in [0.29, 0.717) is 23.7 Å². The molecule has 7 heteroatoms. The Balaban J connectivity index is 2.40. The lowest BCUT2D eigenvalue weighted by atomic mass is 10.1. The van der Waals surface area contributed by atoms with Crippen molar-refractivity contribution in [1.82, 2.24) is 9.78 Å². The van der Waals surface area contributed by atoms with Crippen LogP contribution in [0.15, 0.2) is 28.9 Å². The number of halogens is 3. The van der Waals surface area contributed by atoms with Gasteiger partial charge in [0.2, 0.25) is 5.78 Å². The number of benzene rings is 1. The highest BCUT2D eigenvalue weighted by atomic mass is 79.9. The maximum atomic E-state index is 13.7. The van der Waals surface area contributed by atoms with E-state index in [9.17, 15) is 13.6 Å². The molecule has 2 rings (SSSR count). The second-order valence-corrected chi connectivity index (χ2v) is 4.86. The zero-order valence-corrected chi connectivity index (χ0v) is 12.2. The van der Waals surface area contributed by atoms with Crippen LogP contribution in [0.2, 0.25) is 0 Å². The van der Waals surface area contributed by atoms with Crippen molar-refractivity contribution in [2.75, 3.05) is 13.7 Å². The predicted octanol–water partition coefficient (Wildman–Crippen LogP) is 2.80. The summed E-state index contributed by atoms with van der Waals surface area (Å²) in [6.07, 6.45) is 1.45. The van der Waals surface area contributed by atoms with Gasteiger partial charge in [-0.25, -0.2) is 8.78 Å². The second-order valence-electron chi connectivity index (χ2n) is 4.01. The molecule has 1 aromatic heterocycles. The molecule has 2 aromatic rings. The number of aromatic nitrogens is 2. The Labute approximate surface area is 122 Å². The monoisotopic (exact) mass is 344 g/mol. The Hall–Kier alpha value is -1.60. The third-order valence-electron chi connectivity index (χ3n) is 2.69. The number of carbonyl (C=O) groups excluding carboxylic acids is 1. The molecule has 0 saturated heterocycles. The van der Waals surface area contributed by atoms with Gasteiger partial charge in [0.05, 0.1) is 29.4 Å². The molecule has 106 valence electrons. The molecule has 0 aliphatic heterocycles. The normalized spacial score (nSPS) is 10.8. The van der Waals surface area contributed by atoms with Gasteiger partial charge in [-0.2, -0.15) is 5.10 Å². The van der Waals surface area contributed by atoms with Crippen LogP contribution < -0.4 is 0 Å². The average Bonchev–Trinajstić information content (AvgIpc) is 2.77. The van der Waals surface area contributed by atoms with E-state index in [1.54, 1.807) is 0 Å². The van der Waals surface area contributed by atoms with Gasteiger partial charge in [-0.3, -0.25) is 9.48 Å². The fourth-order valence-electron chi connectivity index (χ4n) is 1.74. The number of hydrogen-bond acceptors (Lipinski definition) is 3. The zero-order chi connectivity index (χ0) is 14.7. The van der Waals surface area contributed by atoms with Gasteiger partial charge in [-0.05, 0) is 28.1 Å². The maximum Gasteiger partial charge on any atom is 0.215 e. The molecule has 0 aliphatic rings. The minimum Gasteiger partial charge on any atom is -0.383 e. The van der Waals surface area contributed by atoms with Crippen molar-refractivity contribution < 1.29 is 18.3 Å². The molecule has 4 nitrogen and oxygen atoms in total. The van der Waals surface area contributed by atoms with Gasteiger partial charge in [0, 0.05) is 13.2 Å². The first-order valence-corrected chi connectivity index (χ1v) is 6.54. The van der Waals surface area contributed by atoms with Crippen molar-refractivity contribution in [3.8, 4) is 0 Å². The molecule has 0 N–H and O–H groups in total. The molecule has 0 radical (unpaired) electrons. The smallest absolute Gasteiger partial charge is 0.215 e. The summed E-state index contributed by atoms with van der Waals surface area (Å²) in [7, 11) is 1.53. The van der Waals surface area contributed by atoms with E-state index in [-0.39, 0.29) is 11.3 Å². The van der Waals surface area contributed by atoms with Gasteiger partial charge in [-0.15, -0.1) is 0 Å². The summed E-state index contributed by atoms with van der Waals surface area (Å²) in [5.41, 5.74) is -0.00109. The van der Waals surface area contributed by atoms with Crippen LogP contribution >= 0.6 is 15.9 Å². The van der Waals surface area contributed by atoms with Gasteiger partial charge in [-0.1, -0.05) is 0 Å². The Kier molecular flexibility index (Phi) is 4.61. The second kappa shape index (κ2) is 6.23. The lowest BCUT2D eigenvalue weighted by Gasteiger charge is -2.07. The van der Waals surface area contributed by atoms with E-state index in [1.165, 1.54) is 18.0 Å². The standard InChI is InChI=1S/C13H11BrF2N2O2/c1-20-5-4-18-12(10(14)7-17-18)13(19)9-3-2-8(15)6-11(9)16/h2-3,6-7H,4-5H2,1H3. The molecule has 0 fully saturated rings. The maximum absolute atomic E-state index is 13.7. The van der Waals surface area contributed by atoms with Crippen LogP contribution in [-0.4, -0.2) is 29.3 Å². The molecule has 0 amide bonds. The molecule has 0 aliphatic carbocycles. The van der Waals surface area contributed by atoms with E-state index in [2.05, 4.69) is 21.0 Å². The highest BCUT2D eigenvalue weighted by molar-refractivity contribution is 9.10. The molecule has 0 bridgehead atoms. The summed E-state index contributed by atoms with van der Waals surface area (Å²) in [5.74, 6) is -2.20. The number of ether oxygens (including phenoxy) is 1. The third kappa shape index (κ3) is 2.94. The highest BCUT2D eigenvalue weighted by Gasteiger charge is 2.21. The van der Waals surface area contributed by atoms with Crippen LogP contribution in [0.3, 0.4) is 0 Å². The van der Waals surface area contributed by atoms with Crippen LogP contribution in [0, 0.1) is 11.6 Å². The average molecular weight is 345 g/mol. The fourth-order valence-corrected chi connectivity index (χ4v) is 2.21. The first-order valence-electron chi connectivity index (χ1n) is 5.74. The van der Waals surface area contributed by atoms with Gasteiger partial charge in [0.1, 0.15) is 17.3 Å². The fraction of sp³-hybridized carbons (Fsp3) is 0.231. The molecule has 1 heterocycles. The SMILES string of the molecule is COCCn1ncc(Br)c1C(=O)c1ccc(F)cc1F. The molecule has 0 unspecified atom stereocenters. The zero-order valence-electron chi connectivity index (χ0n) is 10.6. The van der Waals surface area contributed by atoms with Gasteiger partial charge >= 0.3 is 0 Å². The minimum atomic E-state index is -0.901. The predicted molar refractivity (Wildman–Crippen MR) is 71.6 cm³/mol. The van der Waals surface area contributed by atoms with E-state index in [4.69, 9.17) is 4.74 Å². The van der Waals surface area contributed by atoms with Gasteiger partial charge in [0.15, 0.2) is 0 Å². The first-order chi connectivity index (χ1) is 9.54. The number of ketones is 1. The Morgan fingerprint density at radius 2 is 2.20 bits per heavy atom. The topological polar surface area (TPSA) is 44.1 Å². The van der Waals surface area contributed by atoms with Gasteiger partial charge in [0.25, 0.3) is 0 Å². The van der Waals surface area contributed by atoms with Crippen molar-refractivity contribution in [3.63, 3.8) is 0 Å². The molecule has 0 spiro atoms. The van der Waals surface area contributed by atoms with E-state index in [1.807, 2.05) is 0 Å². The molecule has 20 heavy (non-hydrogen) atoms. The number of hydrogen-bond donors (Lipinski definition) is 0. The summed E-state index contributed by atoms with van der Waals surface area (Å²) in [6, 6.07) is 2.84. The largest absolute Gasteiger partial charge is 0.383 e. The van der Waals surface area contributed by atoms with Crippen molar-refractivity contribution in [2.24, 2.45) is 0 Å². The van der Waals surface area contributed by atoms with Crippen LogP contribution in [0.5, 0.6) is 0 Å². The van der Waals surface area contributed by atoms with Crippen molar-refractivity contribution in [2.45, 2.75) is 6.54 Å². The summed E-state index contributed by atoms with van der Waals surface area (Å²) >= 11 is 3.20. The molecular formula is C13H11BrF2N2O2. The van der Waals surface area contributed by atoms with Crippen LogP contribution in [0.1, 0.15) is 16.1 Å². The molecule has 0 saturated carbocycles. The summed E-state index contributed by atoms with van der Waals surface area (Å²) in [5, 5.41) is 4.02. The summed E-state index contributed by atoms with van der Waals surface area (Å²) in [4.78, 5) is 12.4. The van der Waals surface area contributed by atoms with Crippen LogP contribution in [0.4, 0.5) is 8.78 Å². The third-order valence-corrected chi connectivity index (χ3v) is 3.27. The van der Waals surface area contributed by atoms with Crippen LogP contribution in [-0.2, 0) is 11.3 Å². The Morgan fingerprint density at radius 3 is 2.85 bits per heavy atom. The van der Waals surface area contributed by atoms with Gasteiger partial charge < -0.3 is 4.74 Å². The molecule has 1 aromatic carbocycles. The quantitative estimate of drug-likeness (QED) is 0.783. The number of nitrogens with zero attached hydrogens (tertiary/aromatic N) is 2. The van der Waals surface area contributed by atoms with E-state index >= 15 is 0 Å². The van der Waals surface area contributed by atoms with E-state index < -0.39 is 17.4 Å². The first kappa shape index (κ1) is 14.8. The van der Waals surface area contributed by atoms with Crippen molar-refractivity contribution >= 4 is 21.7 Å². The highest BCUT2D eigenvalue weighted by Crippen LogP contribution is 2.21. The summed E-state index contributed by atoms with van der Waals surface area (Å²) < 4.78 is 33.3. The number of methoxy groups -OCH3 is 1. The Morgan fingerprint density at radius 1 is 1.45 bits per heavy atom. The summed E-state index contributed by atoms with van der Waals surface area (Å²) in [6.45, 7) is 0.715. The van der Waals surface area contributed by atoms with Crippen LogP contribution in [0.25, 0.3) is 0 Å². The minimum absolute atomic E-state index is 0.201. The Bertz CT molecular complexity index is 643. The lowest BCUT2D eigenvalue weighted by Crippen LogP contribution is -2.15. The van der Waals surface area contributed by atoms with E-state index in [0.717, 1.165) is 12.1 Å². The number of rotatable bonds is 5. The number of carbonyl (C=O) groups is 1. The van der Waals surface area contributed by atoms with Crippen molar-refractivity contribution in [1.29, 1.82) is 0 Å². The molecular weight excluding hydrogens is 334 g/mol. The van der Waals surface area contributed by atoms with Crippen molar-refractivity contribution in [3.05, 3.63) is 51.8 Å². The molecule has 0 atom stereocenters.